The van der Waals surface area contributed by atoms with E-state index >= 15 is 0 Å². The number of hydrogen-bond acceptors (Lipinski definition) is 1. The van der Waals surface area contributed by atoms with Crippen molar-refractivity contribution in [3.8, 4) is 0 Å². The third kappa shape index (κ3) is 2260. The van der Waals surface area contributed by atoms with Crippen molar-refractivity contribution in [2.75, 3.05) is 0 Å². The molecule has 0 aliphatic rings. The van der Waals surface area contributed by atoms with Gasteiger partial charge in [0, 0.05) is 6.92 Å². The number of carbonyl (C=O) groups is 1. The zero-order valence-electron chi connectivity index (χ0n) is 2.79. The number of hydrogen-bond donors (Lipinski definition) is 0. The van der Waals surface area contributed by atoms with Crippen molar-refractivity contribution in [2.24, 2.45) is 0 Å². The van der Waals surface area contributed by atoms with Gasteiger partial charge < -0.3 is 5.48 Å². The standard InChI is InChI=1S/C2H3ClO.H2O/c1-2(3)4;/h1H3;1H2. The van der Waals surface area contributed by atoms with Crippen LogP contribution in [0.1, 0.15) is 6.92 Å². The van der Waals surface area contributed by atoms with E-state index in [1.165, 1.54) is 6.92 Å². The van der Waals surface area contributed by atoms with E-state index in [1.54, 1.807) is 0 Å². The highest BCUT2D eigenvalue weighted by Gasteiger charge is 1.67. The van der Waals surface area contributed by atoms with Gasteiger partial charge in [-0.3, -0.25) is 4.79 Å². The summed E-state index contributed by atoms with van der Waals surface area (Å²) in [5, 5.41) is -0.361. The molecule has 0 atom stereocenters. The summed E-state index contributed by atoms with van der Waals surface area (Å²) in [4.78, 5) is 9.21. The first-order valence-electron chi connectivity index (χ1n) is 0.893. The number of halogens is 1. The molecule has 0 fully saturated rings. The molecule has 3 heteroatoms. The van der Waals surface area contributed by atoms with Crippen LogP contribution in [0.25, 0.3) is 0 Å². The van der Waals surface area contributed by atoms with Crippen molar-refractivity contribution in [1.29, 1.82) is 0 Å². The molecular weight excluding hydrogens is 91.5 g/mol. The highest BCUT2D eigenvalue weighted by molar-refractivity contribution is 6.62. The normalized spacial score (nSPS) is 5.20. The van der Waals surface area contributed by atoms with Crippen molar-refractivity contribution < 1.29 is 10.3 Å². The average molecular weight is 96.5 g/mol. The summed E-state index contributed by atoms with van der Waals surface area (Å²) in [6.45, 7) is 1.29. The van der Waals surface area contributed by atoms with Crippen LogP contribution in [0, 0.1) is 0 Å². The second kappa shape index (κ2) is 3.92. The SMILES string of the molecule is CC(=O)Cl.O. The minimum atomic E-state index is -0.361. The quantitative estimate of drug-likeness (QED) is 0.390. The first kappa shape index (κ1) is 8.87. The van der Waals surface area contributed by atoms with Gasteiger partial charge in [-0.05, 0) is 11.6 Å². The Kier molecular flexibility index (Phi) is 6.95. The molecule has 0 bridgehead atoms. The van der Waals surface area contributed by atoms with Gasteiger partial charge in [0.05, 0.1) is 0 Å². The molecule has 0 heterocycles. The third-order valence-corrected chi connectivity index (χ3v) is 0. The molecule has 0 aromatic carbocycles. The molecular formula is C2H5ClO2. The summed E-state index contributed by atoms with van der Waals surface area (Å²) in [5.41, 5.74) is 0. The molecule has 0 amide bonds. The van der Waals surface area contributed by atoms with Crippen LogP contribution in [0.2, 0.25) is 0 Å². The molecule has 0 aliphatic heterocycles. The topological polar surface area (TPSA) is 48.6 Å². The minimum absolute atomic E-state index is 0. The van der Waals surface area contributed by atoms with E-state index in [9.17, 15) is 4.79 Å². The van der Waals surface area contributed by atoms with E-state index < -0.39 is 0 Å². The molecule has 0 aromatic rings. The van der Waals surface area contributed by atoms with Gasteiger partial charge in [-0.1, -0.05) is 0 Å². The molecule has 2 N–H and O–H groups in total. The minimum Gasteiger partial charge on any atom is -0.412 e. The second-order valence-corrected chi connectivity index (χ2v) is 1.00. The Balaban J connectivity index is 0. The summed E-state index contributed by atoms with van der Waals surface area (Å²) in [6, 6.07) is 0. The predicted molar refractivity (Wildman–Crippen MR) is 20.1 cm³/mol. The summed E-state index contributed by atoms with van der Waals surface area (Å²) in [5.74, 6) is 0. The van der Waals surface area contributed by atoms with Gasteiger partial charge in [-0.25, -0.2) is 0 Å². The van der Waals surface area contributed by atoms with Gasteiger partial charge in [0.15, 0.2) is 0 Å². The van der Waals surface area contributed by atoms with E-state index in [1.807, 2.05) is 0 Å². The van der Waals surface area contributed by atoms with E-state index in [0.29, 0.717) is 0 Å². The molecule has 0 aliphatic carbocycles. The maximum absolute atomic E-state index is 9.21. The van der Waals surface area contributed by atoms with Crippen molar-refractivity contribution in [2.45, 2.75) is 6.92 Å². The van der Waals surface area contributed by atoms with Gasteiger partial charge in [-0.15, -0.1) is 0 Å². The largest absolute Gasteiger partial charge is 0.412 e. The Morgan fingerprint density at radius 2 is 1.80 bits per heavy atom. The Bertz CT molecular complexity index is 30.6. The van der Waals surface area contributed by atoms with Crippen LogP contribution < -0.4 is 0 Å². The lowest BCUT2D eigenvalue weighted by molar-refractivity contribution is -0.109. The summed E-state index contributed by atoms with van der Waals surface area (Å²) >= 11 is 4.64. The maximum Gasteiger partial charge on any atom is 0.218 e. The van der Waals surface area contributed by atoms with Crippen LogP contribution >= 0.6 is 11.6 Å². The highest BCUT2D eigenvalue weighted by Crippen LogP contribution is 1.67. The van der Waals surface area contributed by atoms with Gasteiger partial charge in [0.2, 0.25) is 5.24 Å². The van der Waals surface area contributed by atoms with Crippen molar-refractivity contribution in [3.63, 3.8) is 0 Å². The number of rotatable bonds is 0. The first-order valence-corrected chi connectivity index (χ1v) is 1.27. The molecule has 0 aromatic heterocycles. The summed E-state index contributed by atoms with van der Waals surface area (Å²) < 4.78 is 0. The van der Waals surface area contributed by atoms with Crippen molar-refractivity contribution in [1.82, 2.24) is 0 Å². The third-order valence-electron chi connectivity index (χ3n) is 0. The van der Waals surface area contributed by atoms with Crippen molar-refractivity contribution >= 4 is 16.8 Å². The lowest BCUT2D eigenvalue weighted by Crippen LogP contribution is -1.62. The zero-order valence-corrected chi connectivity index (χ0v) is 3.54. The Morgan fingerprint density at radius 3 is 1.80 bits per heavy atom. The fraction of sp³-hybridized carbons (Fsp3) is 0.500. The van der Waals surface area contributed by atoms with E-state index in [4.69, 9.17) is 0 Å². The monoisotopic (exact) mass is 96.0 g/mol. The molecule has 2 nitrogen and oxygen atoms in total. The predicted octanol–water partition coefficient (Wildman–Crippen LogP) is -0.0530. The van der Waals surface area contributed by atoms with Crippen LogP contribution in [0.15, 0.2) is 0 Å². The first-order chi connectivity index (χ1) is 1.73. The van der Waals surface area contributed by atoms with E-state index in [0.717, 1.165) is 0 Å². The fourth-order valence-electron chi connectivity index (χ4n) is 0. The van der Waals surface area contributed by atoms with Gasteiger partial charge in [-0.2, -0.15) is 0 Å². The van der Waals surface area contributed by atoms with E-state index in [-0.39, 0.29) is 10.7 Å². The Hall–Kier alpha value is -0.0800. The zero-order chi connectivity index (χ0) is 3.58. The summed E-state index contributed by atoms with van der Waals surface area (Å²) in [7, 11) is 0. The second-order valence-electron chi connectivity index (χ2n) is 0.470. The fourth-order valence-corrected chi connectivity index (χ4v) is 0. The van der Waals surface area contributed by atoms with Crippen LogP contribution in [0.4, 0.5) is 0 Å². The van der Waals surface area contributed by atoms with Gasteiger partial charge >= 0.3 is 0 Å². The molecule has 5 heavy (non-hydrogen) atoms. The van der Waals surface area contributed by atoms with Gasteiger partial charge in [0.25, 0.3) is 0 Å². The molecule has 0 rings (SSSR count). The van der Waals surface area contributed by atoms with Crippen LogP contribution in [-0.4, -0.2) is 10.7 Å². The molecule has 0 saturated carbocycles. The van der Waals surface area contributed by atoms with Crippen molar-refractivity contribution in [3.05, 3.63) is 0 Å². The highest BCUT2D eigenvalue weighted by atomic mass is 35.5. The van der Waals surface area contributed by atoms with E-state index in [2.05, 4.69) is 11.6 Å². The summed E-state index contributed by atoms with van der Waals surface area (Å²) in [6.07, 6.45) is 0. The maximum atomic E-state index is 9.21. The molecule has 0 radical (unpaired) electrons. The Morgan fingerprint density at radius 1 is 1.80 bits per heavy atom. The van der Waals surface area contributed by atoms with Crippen LogP contribution in [0.3, 0.4) is 0 Å². The average Bonchev–Trinajstić information content (AvgIpc) is 0.811. The molecule has 0 unspecified atom stereocenters. The molecule has 32 valence electrons. The van der Waals surface area contributed by atoms with Gasteiger partial charge in [0.1, 0.15) is 0 Å². The van der Waals surface area contributed by atoms with Crippen LogP contribution in [-0.2, 0) is 4.79 Å². The van der Waals surface area contributed by atoms with Crippen LogP contribution in [0.5, 0.6) is 0 Å². The molecule has 0 saturated heterocycles. The number of carbonyl (C=O) groups excluding carboxylic acids is 1. The lowest BCUT2D eigenvalue weighted by atomic mass is 10.9. The Labute approximate surface area is 35.0 Å². The smallest absolute Gasteiger partial charge is 0.218 e. The lowest BCUT2D eigenvalue weighted by Gasteiger charge is -1.52. The molecule has 0 spiro atoms.